The van der Waals surface area contributed by atoms with Gasteiger partial charge in [0, 0.05) is 13.0 Å². The SMILES string of the molecule is CCOc1ccc(S(=O)(=O)NC[C@@]2(O)CCc3ccccc3C2)cc1C. The summed E-state index contributed by atoms with van der Waals surface area (Å²) < 4.78 is 33.3. The molecule has 0 fully saturated rings. The fraction of sp³-hybridized carbons (Fsp3) is 0.400. The van der Waals surface area contributed by atoms with E-state index < -0.39 is 15.6 Å². The van der Waals surface area contributed by atoms with Crippen LogP contribution >= 0.6 is 0 Å². The van der Waals surface area contributed by atoms with Crippen LogP contribution in [0.25, 0.3) is 0 Å². The summed E-state index contributed by atoms with van der Waals surface area (Å²) in [4.78, 5) is 0.179. The number of aliphatic hydroxyl groups is 1. The zero-order valence-corrected chi connectivity index (χ0v) is 16.0. The summed E-state index contributed by atoms with van der Waals surface area (Å²) in [6.07, 6.45) is 1.74. The van der Waals surface area contributed by atoms with E-state index in [-0.39, 0.29) is 11.4 Å². The van der Waals surface area contributed by atoms with Crippen LogP contribution in [-0.2, 0) is 22.9 Å². The molecule has 1 atom stereocenters. The highest BCUT2D eigenvalue weighted by Crippen LogP contribution is 2.29. The average Bonchev–Trinajstić information content (AvgIpc) is 2.62. The maximum Gasteiger partial charge on any atom is 0.240 e. The van der Waals surface area contributed by atoms with Gasteiger partial charge in [-0.15, -0.1) is 0 Å². The molecule has 3 rings (SSSR count). The van der Waals surface area contributed by atoms with Crippen molar-refractivity contribution in [3.63, 3.8) is 0 Å². The van der Waals surface area contributed by atoms with Crippen LogP contribution in [0.5, 0.6) is 5.75 Å². The van der Waals surface area contributed by atoms with E-state index in [1.165, 1.54) is 11.6 Å². The zero-order chi connectivity index (χ0) is 18.8. The lowest BCUT2D eigenvalue weighted by Crippen LogP contribution is -2.46. The Hall–Kier alpha value is -1.89. The Labute approximate surface area is 155 Å². The highest BCUT2D eigenvalue weighted by atomic mass is 32.2. The van der Waals surface area contributed by atoms with Gasteiger partial charge in [0.05, 0.1) is 17.1 Å². The molecule has 0 amide bonds. The van der Waals surface area contributed by atoms with Crippen LogP contribution in [-0.4, -0.2) is 32.3 Å². The van der Waals surface area contributed by atoms with Gasteiger partial charge in [-0.3, -0.25) is 0 Å². The standard InChI is InChI=1S/C20H25NO4S/c1-3-25-19-9-8-18(12-15(19)2)26(23,24)21-14-20(22)11-10-16-6-4-5-7-17(16)13-20/h4-9,12,21-22H,3,10-11,13-14H2,1-2H3/t20-/m1/s1. The zero-order valence-electron chi connectivity index (χ0n) is 15.2. The van der Waals surface area contributed by atoms with Crippen molar-refractivity contribution in [1.82, 2.24) is 4.72 Å². The molecule has 0 spiro atoms. The minimum Gasteiger partial charge on any atom is -0.494 e. The second-order valence-electron chi connectivity index (χ2n) is 6.85. The molecule has 0 unspecified atom stereocenters. The van der Waals surface area contributed by atoms with Gasteiger partial charge in [0.2, 0.25) is 10.0 Å². The number of hydrogen-bond donors (Lipinski definition) is 2. The van der Waals surface area contributed by atoms with Crippen LogP contribution in [0.15, 0.2) is 47.4 Å². The number of sulfonamides is 1. The molecule has 0 heterocycles. The van der Waals surface area contributed by atoms with E-state index in [0.717, 1.165) is 17.5 Å². The first-order valence-corrected chi connectivity index (χ1v) is 10.3. The highest BCUT2D eigenvalue weighted by molar-refractivity contribution is 7.89. The molecular formula is C20H25NO4S. The fourth-order valence-electron chi connectivity index (χ4n) is 3.35. The van der Waals surface area contributed by atoms with E-state index in [1.54, 1.807) is 12.1 Å². The number of nitrogens with one attached hydrogen (secondary N) is 1. The van der Waals surface area contributed by atoms with Crippen LogP contribution in [0.1, 0.15) is 30.0 Å². The summed E-state index contributed by atoms with van der Waals surface area (Å²) >= 11 is 0. The summed E-state index contributed by atoms with van der Waals surface area (Å²) in [5, 5.41) is 10.8. The summed E-state index contributed by atoms with van der Waals surface area (Å²) in [6.45, 7) is 4.22. The van der Waals surface area contributed by atoms with E-state index in [0.29, 0.717) is 25.2 Å². The molecule has 26 heavy (non-hydrogen) atoms. The summed E-state index contributed by atoms with van der Waals surface area (Å²) in [7, 11) is -3.69. The first-order valence-electron chi connectivity index (χ1n) is 8.85. The number of benzene rings is 2. The van der Waals surface area contributed by atoms with Gasteiger partial charge < -0.3 is 9.84 Å². The molecule has 6 heteroatoms. The van der Waals surface area contributed by atoms with E-state index in [2.05, 4.69) is 10.8 Å². The Kier molecular flexibility index (Phi) is 5.37. The molecule has 2 aromatic carbocycles. The van der Waals surface area contributed by atoms with Crippen molar-refractivity contribution in [2.24, 2.45) is 0 Å². The first-order chi connectivity index (χ1) is 12.3. The van der Waals surface area contributed by atoms with Crippen molar-refractivity contribution < 1.29 is 18.3 Å². The summed E-state index contributed by atoms with van der Waals surface area (Å²) in [6, 6.07) is 12.8. The summed E-state index contributed by atoms with van der Waals surface area (Å²) in [5.74, 6) is 0.675. The van der Waals surface area contributed by atoms with E-state index in [1.807, 2.05) is 32.0 Å². The Morgan fingerprint density at radius 3 is 2.62 bits per heavy atom. The van der Waals surface area contributed by atoms with Crippen LogP contribution in [0.4, 0.5) is 0 Å². The highest BCUT2D eigenvalue weighted by Gasteiger charge is 2.33. The molecule has 0 aromatic heterocycles. The lowest BCUT2D eigenvalue weighted by atomic mass is 9.80. The van der Waals surface area contributed by atoms with Gasteiger partial charge in [-0.1, -0.05) is 24.3 Å². The Balaban J connectivity index is 1.71. The normalized spacial score (nSPS) is 19.8. The maximum absolute atomic E-state index is 12.6. The number of rotatable bonds is 6. The Bertz CT molecular complexity index is 894. The third-order valence-electron chi connectivity index (χ3n) is 4.85. The van der Waals surface area contributed by atoms with E-state index in [4.69, 9.17) is 4.74 Å². The van der Waals surface area contributed by atoms with Crippen molar-refractivity contribution in [3.05, 3.63) is 59.2 Å². The smallest absolute Gasteiger partial charge is 0.240 e. The van der Waals surface area contributed by atoms with Crippen molar-refractivity contribution in [2.45, 2.75) is 43.6 Å². The third-order valence-corrected chi connectivity index (χ3v) is 6.24. The second kappa shape index (κ2) is 7.39. The third kappa shape index (κ3) is 4.09. The molecule has 0 saturated heterocycles. The molecule has 0 aliphatic heterocycles. The van der Waals surface area contributed by atoms with Gasteiger partial charge in [0.1, 0.15) is 5.75 Å². The van der Waals surface area contributed by atoms with Crippen molar-refractivity contribution >= 4 is 10.0 Å². The number of aryl methyl sites for hydroxylation is 2. The van der Waals surface area contributed by atoms with Gasteiger partial charge in [-0.2, -0.15) is 0 Å². The summed E-state index contributed by atoms with van der Waals surface area (Å²) in [5.41, 5.74) is 2.00. The molecule has 0 saturated carbocycles. The maximum atomic E-state index is 12.6. The minimum absolute atomic E-state index is 0.00404. The monoisotopic (exact) mass is 375 g/mol. The average molecular weight is 375 g/mol. The molecular weight excluding hydrogens is 350 g/mol. The quantitative estimate of drug-likeness (QED) is 0.814. The number of hydrogen-bond acceptors (Lipinski definition) is 4. The topological polar surface area (TPSA) is 75.6 Å². The predicted octanol–water partition coefficient (Wildman–Crippen LogP) is 2.59. The van der Waals surface area contributed by atoms with Crippen LogP contribution < -0.4 is 9.46 Å². The van der Waals surface area contributed by atoms with Crippen molar-refractivity contribution in [3.8, 4) is 5.75 Å². The van der Waals surface area contributed by atoms with Gasteiger partial charge in [-0.05, 0) is 61.6 Å². The molecule has 1 aliphatic carbocycles. The second-order valence-corrected chi connectivity index (χ2v) is 8.62. The van der Waals surface area contributed by atoms with E-state index >= 15 is 0 Å². The minimum atomic E-state index is -3.69. The van der Waals surface area contributed by atoms with Crippen molar-refractivity contribution in [1.29, 1.82) is 0 Å². The molecule has 0 radical (unpaired) electrons. The predicted molar refractivity (Wildman–Crippen MR) is 101 cm³/mol. The molecule has 2 N–H and O–H groups in total. The van der Waals surface area contributed by atoms with Gasteiger partial charge in [0.25, 0.3) is 0 Å². The van der Waals surface area contributed by atoms with Gasteiger partial charge >= 0.3 is 0 Å². The molecule has 5 nitrogen and oxygen atoms in total. The molecule has 1 aliphatic rings. The molecule has 140 valence electrons. The fourth-order valence-corrected chi connectivity index (χ4v) is 4.56. The van der Waals surface area contributed by atoms with Crippen molar-refractivity contribution in [2.75, 3.05) is 13.2 Å². The molecule has 0 bridgehead atoms. The van der Waals surface area contributed by atoms with Gasteiger partial charge in [-0.25, -0.2) is 13.1 Å². The molecule has 2 aromatic rings. The van der Waals surface area contributed by atoms with Crippen LogP contribution in [0.2, 0.25) is 0 Å². The lowest BCUT2D eigenvalue weighted by molar-refractivity contribution is 0.0317. The van der Waals surface area contributed by atoms with Crippen LogP contribution in [0, 0.1) is 6.92 Å². The Morgan fingerprint density at radius 2 is 1.92 bits per heavy atom. The van der Waals surface area contributed by atoms with E-state index in [9.17, 15) is 13.5 Å². The number of ether oxygens (including phenoxy) is 1. The first kappa shape index (κ1) is 18.9. The lowest BCUT2D eigenvalue weighted by Gasteiger charge is -2.33. The van der Waals surface area contributed by atoms with Gasteiger partial charge in [0.15, 0.2) is 0 Å². The largest absolute Gasteiger partial charge is 0.494 e. The van der Waals surface area contributed by atoms with Crippen LogP contribution in [0.3, 0.4) is 0 Å². The Morgan fingerprint density at radius 1 is 1.19 bits per heavy atom. The number of fused-ring (bicyclic) bond motifs is 1.